The molecule has 3 aromatic carbocycles. The van der Waals surface area contributed by atoms with Crippen LogP contribution in [0.4, 0.5) is 5.69 Å². The fourth-order valence-corrected chi connectivity index (χ4v) is 2.17. The molecule has 1 heteroatoms. The van der Waals surface area contributed by atoms with Gasteiger partial charge in [0.1, 0.15) is 0 Å². The van der Waals surface area contributed by atoms with Gasteiger partial charge >= 0.3 is 0 Å². The molecule has 0 saturated carbocycles. The van der Waals surface area contributed by atoms with E-state index in [2.05, 4.69) is 43.3 Å². The zero-order valence-electron chi connectivity index (χ0n) is 9.20. The van der Waals surface area contributed by atoms with E-state index in [4.69, 9.17) is 5.73 Å². The number of fused-ring (bicyclic) bond motifs is 2. The normalized spacial score (nSPS) is 11.1. The van der Waals surface area contributed by atoms with Crippen molar-refractivity contribution in [3.05, 3.63) is 54.1 Å². The van der Waals surface area contributed by atoms with Crippen LogP contribution in [-0.2, 0) is 0 Å². The van der Waals surface area contributed by atoms with E-state index in [1.165, 1.54) is 21.7 Å². The fraction of sp³-hybridized carbons (Fsp3) is 0.0667. The molecule has 78 valence electrons. The lowest BCUT2D eigenvalue weighted by Crippen LogP contribution is -1.86. The first kappa shape index (κ1) is 9.22. The Kier molecular flexibility index (Phi) is 1.87. The number of aryl methyl sites for hydroxylation is 1. The molecule has 0 fully saturated rings. The molecule has 0 saturated heterocycles. The SMILES string of the molecule is Cc1ccc2cc3cccc(N)c3cc2c1. The molecule has 0 spiro atoms. The van der Waals surface area contributed by atoms with Gasteiger partial charge in [-0.1, -0.05) is 35.9 Å². The maximum atomic E-state index is 5.99. The number of hydrogen-bond donors (Lipinski definition) is 1. The van der Waals surface area contributed by atoms with Crippen LogP contribution in [-0.4, -0.2) is 0 Å². The third-order valence-corrected chi connectivity index (χ3v) is 3.03. The van der Waals surface area contributed by atoms with Gasteiger partial charge in [-0.3, -0.25) is 0 Å². The maximum Gasteiger partial charge on any atom is 0.0393 e. The van der Waals surface area contributed by atoms with Crippen LogP contribution in [0.1, 0.15) is 5.56 Å². The predicted molar refractivity (Wildman–Crippen MR) is 70.6 cm³/mol. The maximum absolute atomic E-state index is 5.99. The summed E-state index contributed by atoms with van der Waals surface area (Å²) in [5, 5.41) is 4.87. The van der Waals surface area contributed by atoms with Gasteiger partial charge in [0.05, 0.1) is 0 Å². The van der Waals surface area contributed by atoms with Gasteiger partial charge in [0, 0.05) is 11.1 Å². The predicted octanol–water partition coefficient (Wildman–Crippen LogP) is 3.88. The highest BCUT2D eigenvalue weighted by atomic mass is 14.5. The lowest BCUT2D eigenvalue weighted by molar-refractivity contribution is 1.51. The first-order valence-electron chi connectivity index (χ1n) is 5.43. The first-order valence-corrected chi connectivity index (χ1v) is 5.43. The van der Waals surface area contributed by atoms with Crippen molar-refractivity contribution in [3.63, 3.8) is 0 Å². The Bertz CT molecular complexity index is 683. The van der Waals surface area contributed by atoms with E-state index in [1.807, 2.05) is 12.1 Å². The third-order valence-electron chi connectivity index (χ3n) is 3.03. The van der Waals surface area contributed by atoms with Crippen LogP contribution >= 0.6 is 0 Å². The summed E-state index contributed by atoms with van der Waals surface area (Å²) in [4.78, 5) is 0. The van der Waals surface area contributed by atoms with E-state index in [9.17, 15) is 0 Å². The molecule has 0 aromatic heterocycles. The molecule has 0 unspecified atom stereocenters. The Morgan fingerprint density at radius 1 is 0.812 bits per heavy atom. The van der Waals surface area contributed by atoms with Crippen LogP contribution in [0.5, 0.6) is 0 Å². The molecule has 0 aliphatic heterocycles. The van der Waals surface area contributed by atoms with Crippen molar-refractivity contribution in [2.75, 3.05) is 5.73 Å². The highest BCUT2D eigenvalue weighted by molar-refractivity contribution is 6.03. The molecule has 2 N–H and O–H groups in total. The Morgan fingerprint density at radius 3 is 2.56 bits per heavy atom. The quantitative estimate of drug-likeness (QED) is 0.439. The molecule has 1 nitrogen and oxygen atoms in total. The smallest absolute Gasteiger partial charge is 0.0393 e. The molecule has 0 heterocycles. The van der Waals surface area contributed by atoms with Crippen molar-refractivity contribution in [1.82, 2.24) is 0 Å². The second kappa shape index (κ2) is 3.24. The minimum absolute atomic E-state index is 0.848. The van der Waals surface area contributed by atoms with Crippen LogP contribution in [0.15, 0.2) is 48.5 Å². The molecule has 0 amide bonds. The van der Waals surface area contributed by atoms with Crippen molar-refractivity contribution in [3.8, 4) is 0 Å². The van der Waals surface area contributed by atoms with Crippen LogP contribution in [0.2, 0.25) is 0 Å². The first-order chi connectivity index (χ1) is 7.74. The Balaban J connectivity index is 2.49. The third kappa shape index (κ3) is 1.33. The fourth-order valence-electron chi connectivity index (χ4n) is 2.17. The van der Waals surface area contributed by atoms with Crippen molar-refractivity contribution >= 4 is 27.2 Å². The largest absolute Gasteiger partial charge is 0.398 e. The summed E-state index contributed by atoms with van der Waals surface area (Å²) in [6.07, 6.45) is 0. The van der Waals surface area contributed by atoms with Crippen LogP contribution in [0, 0.1) is 6.92 Å². The summed E-state index contributed by atoms with van der Waals surface area (Å²) in [5.41, 5.74) is 8.11. The van der Waals surface area contributed by atoms with E-state index in [0.29, 0.717) is 0 Å². The van der Waals surface area contributed by atoms with Gasteiger partial charge in [-0.15, -0.1) is 0 Å². The summed E-state index contributed by atoms with van der Waals surface area (Å²) in [5.74, 6) is 0. The molecule has 3 aromatic rings. The Hall–Kier alpha value is -2.02. The van der Waals surface area contributed by atoms with E-state index in [-0.39, 0.29) is 0 Å². The minimum atomic E-state index is 0.848. The number of nitrogens with two attached hydrogens (primary N) is 1. The van der Waals surface area contributed by atoms with E-state index in [0.717, 1.165) is 11.1 Å². The molecule has 3 rings (SSSR count). The molecule has 16 heavy (non-hydrogen) atoms. The summed E-state index contributed by atoms with van der Waals surface area (Å²) in [6, 6.07) is 16.9. The van der Waals surface area contributed by atoms with Crippen LogP contribution in [0.25, 0.3) is 21.5 Å². The van der Waals surface area contributed by atoms with E-state index >= 15 is 0 Å². The number of benzene rings is 3. The van der Waals surface area contributed by atoms with Gasteiger partial charge in [0.25, 0.3) is 0 Å². The van der Waals surface area contributed by atoms with E-state index in [1.54, 1.807) is 0 Å². The van der Waals surface area contributed by atoms with Crippen LogP contribution in [0.3, 0.4) is 0 Å². The van der Waals surface area contributed by atoms with Gasteiger partial charge in [-0.25, -0.2) is 0 Å². The second-order valence-corrected chi connectivity index (χ2v) is 4.27. The van der Waals surface area contributed by atoms with Crippen molar-refractivity contribution in [1.29, 1.82) is 0 Å². The topological polar surface area (TPSA) is 26.0 Å². The number of anilines is 1. The molecule has 0 aliphatic rings. The van der Waals surface area contributed by atoms with Crippen molar-refractivity contribution < 1.29 is 0 Å². The lowest BCUT2D eigenvalue weighted by atomic mass is 10.0. The van der Waals surface area contributed by atoms with Gasteiger partial charge < -0.3 is 5.73 Å². The van der Waals surface area contributed by atoms with Gasteiger partial charge in [0.2, 0.25) is 0 Å². The molecule has 0 radical (unpaired) electrons. The molecule has 0 aliphatic carbocycles. The second-order valence-electron chi connectivity index (χ2n) is 4.27. The Labute approximate surface area is 94.5 Å². The van der Waals surface area contributed by atoms with Gasteiger partial charge in [-0.2, -0.15) is 0 Å². The summed E-state index contributed by atoms with van der Waals surface area (Å²) >= 11 is 0. The Morgan fingerprint density at radius 2 is 1.69 bits per heavy atom. The highest BCUT2D eigenvalue weighted by Gasteiger charge is 2.00. The zero-order chi connectivity index (χ0) is 11.1. The molecule has 0 atom stereocenters. The summed E-state index contributed by atoms with van der Waals surface area (Å²) in [7, 11) is 0. The average molecular weight is 207 g/mol. The monoisotopic (exact) mass is 207 g/mol. The average Bonchev–Trinajstić information content (AvgIpc) is 2.28. The van der Waals surface area contributed by atoms with Crippen molar-refractivity contribution in [2.24, 2.45) is 0 Å². The number of hydrogen-bond acceptors (Lipinski definition) is 1. The highest BCUT2D eigenvalue weighted by Crippen LogP contribution is 2.27. The van der Waals surface area contributed by atoms with Gasteiger partial charge in [0.15, 0.2) is 0 Å². The zero-order valence-corrected chi connectivity index (χ0v) is 9.20. The van der Waals surface area contributed by atoms with Gasteiger partial charge in [-0.05, 0) is 41.3 Å². The summed E-state index contributed by atoms with van der Waals surface area (Å²) in [6.45, 7) is 2.11. The standard InChI is InChI=1S/C15H13N/c1-10-5-6-11-8-12-3-2-4-15(16)14(12)9-13(11)7-10/h2-9H,16H2,1H3. The van der Waals surface area contributed by atoms with E-state index < -0.39 is 0 Å². The minimum Gasteiger partial charge on any atom is -0.398 e. The number of rotatable bonds is 0. The van der Waals surface area contributed by atoms with Crippen molar-refractivity contribution in [2.45, 2.75) is 6.92 Å². The molecular formula is C15H13N. The molecule has 0 bridgehead atoms. The lowest BCUT2D eigenvalue weighted by Gasteiger charge is -2.05. The summed E-state index contributed by atoms with van der Waals surface area (Å²) < 4.78 is 0. The number of nitrogen functional groups attached to an aromatic ring is 1. The molecular weight excluding hydrogens is 194 g/mol. The van der Waals surface area contributed by atoms with Crippen LogP contribution < -0.4 is 5.73 Å².